The maximum absolute atomic E-state index is 11.6. The van der Waals surface area contributed by atoms with Gasteiger partial charge in [-0.3, -0.25) is 0 Å². The van der Waals surface area contributed by atoms with E-state index in [0.717, 1.165) is 12.2 Å². The Kier molecular flexibility index (Phi) is 8.84. The van der Waals surface area contributed by atoms with Crippen molar-refractivity contribution in [3.05, 3.63) is 12.2 Å². The first-order chi connectivity index (χ1) is 9.76. The fraction of sp³-hybridized carbons (Fsp3) is 0.643. The van der Waals surface area contributed by atoms with Gasteiger partial charge in [0.25, 0.3) is 0 Å². The van der Waals surface area contributed by atoms with Gasteiger partial charge in [0.05, 0.1) is 13.2 Å². The molecule has 0 aliphatic rings. The normalized spacial score (nSPS) is 12.3. The summed E-state index contributed by atoms with van der Waals surface area (Å²) in [6.45, 7) is 7.52. The van der Waals surface area contributed by atoms with Gasteiger partial charge in [0.15, 0.2) is 0 Å². The van der Waals surface area contributed by atoms with Gasteiger partial charge in [-0.1, -0.05) is 13.8 Å². The van der Waals surface area contributed by atoms with Crippen molar-refractivity contribution in [3.63, 3.8) is 0 Å². The molecule has 0 saturated heterocycles. The van der Waals surface area contributed by atoms with Crippen LogP contribution in [0.2, 0.25) is 0 Å². The summed E-state index contributed by atoms with van der Waals surface area (Å²) in [5.74, 6) is -1.22. The largest absolute Gasteiger partial charge is 0.466 e. The summed E-state index contributed by atoms with van der Waals surface area (Å²) in [5.41, 5.74) is 0. The molecule has 0 fully saturated rings. The fourth-order valence-corrected chi connectivity index (χ4v) is 1.30. The van der Waals surface area contributed by atoms with Crippen LogP contribution >= 0.6 is 0 Å². The highest BCUT2D eigenvalue weighted by molar-refractivity contribution is 5.91. The average Bonchev–Trinajstić information content (AvgIpc) is 2.39. The Morgan fingerprint density at radius 1 is 1.00 bits per heavy atom. The van der Waals surface area contributed by atoms with Crippen LogP contribution in [0, 0.1) is 5.92 Å². The van der Waals surface area contributed by atoms with Crippen molar-refractivity contribution in [3.8, 4) is 0 Å². The lowest BCUT2D eigenvalue weighted by atomic mass is 10.1. The fourth-order valence-electron chi connectivity index (χ4n) is 1.30. The van der Waals surface area contributed by atoms with Crippen LogP contribution in [0.5, 0.6) is 0 Å². The van der Waals surface area contributed by atoms with Crippen LogP contribution in [0.1, 0.15) is 27.7 Å². The van der Waals surface area contributed by atoms with Crippen molar-refractivity contribution in [1.29, 1.82) is 0 Å². The molecule has 0 bridgehead atoms. The summed E-state index contributed by atoms with van der Waals surface area (Å²) in [4.78, 5) is 33.9. The molecule has 2 N–H and O–H groups in total. The molecule has 0 aromatic carbocycles. The first-order valence-corrected chi connectivity index (χ1v) is 6.76. The highest BCUT2D eigenvalue weighted by Crippen LogP contribution is 2.03. The van der Waals surface area contributed by atoms with Crippen LogP contribution in [-0.2, 0) is 19.1 Å². The van der Waals surface area contributed by atoms with Gasteiger partial charge in [-0.2, -0.15) is 0 Å². The Morgan fingerprint density at radius 3 is 2.05 bits per heavy atom. The van der Waals surface area contributed by atoms with Gasteiger partial charge in [-0.15, -0.1) is 0 Å². The zero-order valence-corrected chi connectivity index (χ0v) is 13.1. The van der Waals surface area contributed by atoms with Crippen molar-refractivity contribution >= 4 is 18.0 Å². The number of hydrogen-bond donors (Lipinski definition) is 2. The number of urea groups is 1. The number of methoxy groups -OCH3 is 1. The molecule has 0 aromatic rings. The molecular weight excluding hydrogens is 276 g/mol. The lowest BCUT2D eigenvalue weighted by Crippen LogP contribution is -2.48. The van der Waals surface area contributed by atoms with Gasteiger partial charge < -0.3 is 20.1 Å². The minimum Gasteiger partial charge on any atom is -0.466 e. The minimum atomic E-state index is -0.669. The Labute approximate surface area is 125 Å². The SMILES string of the molecule is COC(=O)/C=C/C(=O)OC[C@H](NC(=O)NC(C)C)C(C)C. The van der Waals surface area contributed by atoms with Crippen LogP contribution in [0.25, 0.3) is 0 Å². The highest BCUT2D eigenvalue weighted by atomic mass is 16.5. The van der Waals surface area contributed by atoms with Crippen LogP contribution < -0.4 is 10.6 Å². The molecule has 0 aliphatic heterocycles. The van der Waals surface area contributed by atoms with Gasteiger partial charge in [0.2, 0.25) is 0 Å². The van der Waals surface area contributed by atoms with Crippen LogP contribution in [0.4, 0.5) is 4.79 Å². The van der Waals surface area contributed by atoms with E-state index in [4.69, 9.17) is 4.74 Å². The van der Waals surface area contributed by atoms with E-state index in [1.165, 1.54) is 7.11 Å². The molecule has 21 heavy (non-hydrogen) atoms. The van der Waals surface area contributed by atoms with Crippen molar-refractivity contribution in [1.82, 2.24) is 10.6 Å². The Bertz CT molecular complexity index is 391. The summed E-state index contributed by atoms with van der Waals surface area (Å²) in [6, 6.07) is -0.618. The Hall–Kier alpha value is -2.05. The van der Waals surface area contributed by atoms with E-state index in [-0.39, 0.29) is 30.6 Å². The lowest BCUT2D eigenvalue weighted by molar-refractivity contribution is -0.140. The summed E-state index contributed by atoms with van der Waals surface area (Å²) in [7, 11) is 1.21. The number of carbonyl (C=O) groups is 3. The van der Waals surface area contributed by atoms with Crippen LogP contribution in [0.3, 0.4) is 0 Å². The zero-order valence-electron chi connectivity index (χ0n) is 13.1. The number of ether oxygens (including phenoxy) is 2. The maximum Gasteiger partial charge on any atom is 0.331 e. The molecule has 120 valence electrons. The first kappa shape index (κ1) is 18.9. The van der Waals surface area contributed by atoms with Crippen molar-refractivity contribution in [2.45, 2.75) is 39.8 Å². The van der Waals surface area contributed by atoms with Gasteiger partial charge in [-0.25, -0.2) is 14.4 Å². The van der Waals surface area contributed by atoms with Crippen molar-refractivity contribution in [2.75, 3.05) is 13.7 Å². The monoisotopic (exact) mass is 300 g/mol. The molecule has 2 amide bonds. The second kappa shape index (κ2) is 9.79. The van der Waals surface area contributed by atoms with E-state index < -0.39 is 11.9 Å². The number of hydrogen-bond acceptors (Lipinski definition) is 5. The topological polar surface area (TPSA) is 93.7 Å². The van der Waals surface area contributed by atoms with Crippen molar-refractivity contribution < 1.29 is 23.9 Å². The predicted octanol–water partition coefficient (Wildman–Crippen LogP) is 0.991. The van der Waals surface area contributed by atoms with Crippen LogP contribution in [-0.4, -0.2) is 43.8 Å². The second-order valence-electron chi connectivity index (χ2n) is 5.11. The molecule has 0 rings (SSSR count). The number of carbonyl (C=O) groups excluding carboxylic acids is 3. The first-order valence-electron chi connectivity index (χ1n) is 6.76. The standard InChI is InChI=1S/C14H24N2O5/c1-9(2)11(16-14(19)15-10(3)4)8-21-13(18)7-6-12(17)20-5/h6-7,9-11H,8H2,1-5H3,(H2,15,16,19)/b7-6+/t11-/m0/s1. The Morgan fingerprint density at radius 2 is 1.57 bits per heavy atom. The van der Waals surface area contributed by atoms with Crippen LogP contribution in [0.15, 0.2) is 12.2 Å². The Balaban J connectivity index is 4.33. The van der Waals surface area contributed by atoms with E-state index in [9.17, 15) is 14.4 Å². The molecule has 7 heteroatoms. The van der Waals surface area contributed by atoms with Gasteiger partial charge >= 0.3 is 18.0 Å². The number of amides is 2. The molecule has 0 aliphatic carbocycles. The molecule has 0 unspecified atom stereocenters. The number of esters is 2. The molecule has 0 saturated carbocycles. The number of nitrogens with one attached hydrogen (secondary N) is 2. The smallest absolute Gasteiger partial charge is 0.331 e. The molecule has 7 nitrogen and oxygen atoms in total. The van der Waals surface area contributed by atoms with E-state index in [1.807, 2.05) is 27.7 Å². The van der Waals surface area contributed by atoms with E-state index in [2.05, 4.69) is 15.4 Å². The van der Waals surface area contributed by atoms with E-state index >= 15 is 0 Å². The molecule has 0 aromatic heterocycles. The zero-order chi connectivity index (χ0) is 16.4. The molecule has 0 radical (unpaired) electrons. The third-order valence-corrected chi connectivity index (χ3v) is 2.50. The second-order valence-corrected chi connectivity index (χ2v) is 5.11. The molecular formula is C14H24N2O5. The summed E-state index contributed by atoms with van der Waals surface area (Å²) in [6.07, 6.45) is 1.96. The van der Waals surface area contributed by atoms with Crippen molar-refractivity contribution in [2.24, 2.45) is 5.92 Å². The van der Waals surface area contributed by atoms with Gasteiger partial charge in [-0.05, 0) is 19.8 Å². The number of rotatable bonds is 7. The molecule has 0 heterocycles. The summed E-state index contributed by atoms with van der Waals surface area (Å²) < 4.78 is 9.35. The lowest BCUT2D eigenvalue weighted by Gasteiger charge is -2.22. The third-order valence-electron chi connectivity index (χ3n) is 2.50. The maximum atomic E-state index is 11.6. The molecule has 0 spiro atoms. The van der Waals surface area contributed by atoms with E-state index in [0.29, 0.717) is 0 Å². The average molecular weight is 300 g/mol. The predicted molar refractivity (Wildman–Crippen MR) is 77.5 cm³/mol. The summed E-state index contributed by atoms with van der Waals surface area (Å²) >= 11 is 0. The minimum absolute atomic E-state index is 0.0170. The quantitative estimate of drug-likeness (QED) is 0.540. The van der Waals surface area contributed by atoms with E-state index in [1.54, 1.807) is 0 Å². The molecule has 1 atom stereocenters. The van der Waals surface area contributed by atoms with Gasteiger partial charge in [0.1, 0.15) is 6.61 Å². The summed E-state index contributed by atoms with van der Waals surface area (Å²) in [5, 5.41) is 5.43. The van der Waals surface area contributed by atoms with Gasteiger partial charge in [0, 0.05) is 18.2 Å². The third kappa shape index (κ3) is 9.48. The highest BCUT2D eigenvalue weighted by Gasteiger charge is 2.18.